The summed E-state index contributed by atoms with van der Waals surface area (Å²) in [4.78, 5) is 0. The summed E-state index contributed by atoms with van der Waals surface area (Å²) in [6.07, 6.45) is 5.51. The highest BCUT2D eigenvalue weighted by atomic mass is 16.5. The Hall–Kier alpha value is -2.17. The van der Waals surface area contributed by atoms with E-state index in [1.54, 1.807) is 12.4 Å². The first-order chi connectivity index (χ1) is 8.88. The van der Waals surface area contributed by atoms with Crippen LogP contribution in [0.25, 0.3) is 0 Å². The average Bonchev–Trinajstić information content (AvgIpc) is 2.91. The van der Waals surface area contributed by atoms with E-state index in [0.717, 1.165) is 30.9 Å². The number of azo groups is 1. The third-order valence-electron chi connectivity index (χ3n) is 2.37. The van der Waals surface area contributed by atoms with Crippen LogP contribution in [-0.4, -0.2) is 16.8 Å². The van der Waals surface area contributed by atoms with Gasteiger partial charge in [0.25, 0.3) is 0 Å². The lowest BCUT2D eigenvalue weighted by atomic mass is 10.3. The molecule has 5 nitrogen and oxygen atoms in total. The van der Waals surface area contributed by atoms with Crippen LogP contribution in [0.5, 0.6) is 5.75 Å². The molecular formula is C13H16N4O. The smallest absolute Gasteiger partial charge is 0.123 e. The van der Waals surface area contributed by atoms with E-state index in [9.17, 15) is 0 Å². The van der Waals surface area contributed by atoms with Gasteiger partial charge in [0.2, 0.25) is 0 Å². The van der Waals surface area contributed by atoms with E-state index in [1.165, 1.54) is 0 Å². The van der Waals surface area contributed by atoms with Crippen LogP contribution in [0.4, 0.5) is 11.4 Å². The van der Waals surface area contributed by atoms with E-state index in [2.05, 4.69) is 27.3 Å². The minimum absolute atomic E-state index is 0.707. The highest BCUT2D eigenvalue weighted by Crippen LogP contribution is 2.20. The first-order valence-electron chi connectivity index (χ1n) is 6.02. The molecule has 0 spiro atoms. The number of H-pyrrole nitrogens is 1. The zero-order chi connectivity index (χ0) is 12.6. The van der Waals surface area contributed by atoms with Crippen molar-refractivity contribution in [2.24, 2.45) is 10.2 Å². The Balaban J connectivity index is 1.91. The van der Waals surface area contributed by atoms with Crippen molar-refractivity contribution in [1.82, 2.24) is 10.2 Å². The van der Waals surface area contributed by atoms with Gasteiger partial charge >= 0.3 is 0 Å². The van der Waals surface area contributed by atoms with Gasteiger partial charge < -0.3 is 4.74 Å². The van der Waals surface area contributed by atoms with Gasteiger partial charge in [-0.1, -0.05) is 13.3 Å². The number of unbranched alkanes of at least 4 members (excludes halogenated alkanes) is 1. The molecule has 1 aromatic heterocycles. The summed E-state index contributed by atoms with van der Waals surface area (Å²) in [6.45, 7) is 2.90. The zero-order valence-corrected chi connectivity index (χ0v) is 10.3. The normalized spacial score (nSPS) is 10.9. The molecule has 1 heterocycles. The van der Waals surface area contributed by atoms with Crippen molar-refractivity contribution >= 4 is 11.4 Å². The summed E-state index contributed by atoms with van der Waals surface area (Å²) in [6, 6.07) is 7.56. The number of nitrogens with zero attached hydrogens (tertiary/aromatic N) is 3. The number of nitrogens with one attached hydrogen (secondary N) is 1. The van der Waals surface area contributed by atoms with Crippen molar-refractivity contribution < 1.29 is 4.74 Å². The van der Waals surface area contributed by atoms with E-state index in [0.29, 0.717) is 5.69 Å². The topological polar surface area (TPSA) is 62.6 Å². The lowest BCUT2D eigenvalue weighted by Gasteiger charge is -2.04. The van der Waals surface area contributed by atoms with Crippen LogP contribution in [0.3, 0.4) is 0 Å². The predicted molar refractivity (Wildman–Crippen MR) is 69.6 cm³/mol. The molecule has 0 fully saturated rings. The van der Waals surface area contributed by atoms with Crippen molar-refractivity contribution in [3.63, 3.8) is 0 Å². The maximum atomic E-state index is 5.56. The van der Waals surface area contributed by atoms with Gasteiger partial charge in [-0.05, 0) is 30.7 Å². The first kappa shape index (κ1) is 12.3. The number of rotatable bonds is 6. The molecule has 0 aliphatic heterocycles. The molecule has 1 N–H and O–H groups in total. The van der Waals surface area contributed by atoms with Gasteiger partial charge in [0, 0.05) is 6.20 Å². The fourth-order valence-corrected chi connectivity index (χ4v) is 1.36. The van der Waals surface area contributed by atoms with Crippen LogP contribution in [0.2, 0.25) is 0 Å². The number of aromatic amines is 1. The maximum Gasteiger partial charge on any atom is 0.123 e. The summed E-state index contributed by atoms with van der Waals surface area (Å²) < 4.78 is 5.56. The van der Waals surface area contributed by atoms with Gasteiger partial charge in [0.15, 0.2) is 0 Å². The summed E-state index contributed by atoms with van der Waals surface area (Å²) in [5.41, 5.74) is 1.50. The summed E-state index contributed by atoms with van der Waals surface area (Å²) >= 11 is 0. The molecule has 1 aromatic carbocycles. The molecule has 0 radical (unpaired) electrons. The highest BCUT2D eigenvalue weighted by molar-refractivity contribution is 5.41. The van der Waals surface area contributed by atoms with Gasteiger partial charge in [-0.3, -0.25) is 5.10 Å². The van der Waals surface area contributed by atoms with Gasteiger partial charge in [-0.2, -0.15) is 10.2 Å². The van der Waals surface area contributed by atoms with Gasteiger partial charge in [-0.15, -0.1) is 5.11 Å². The van der Waals surface area contributed by atoms with Gasteiger partial charge in [-0.25, -0.2) is 0 Å². The van der Waals surface area contributed by atoms with Crippen LogP contribution in [0, 0.1) is 0 Å². The molecule has 0 aliphatic carbocycles. The second-order valence-electron chi connectivity index (χ2n) is 3.85. The van der Waals surface area contributed by atoms with E-state index < -0.39 is 0 Å². The molecule has 0 unspecified atom stereocenters. The Morgan fingerprint density at radius 3 is 2.61 bits per heavy atom. The Morgan fingerprint density at radius 1 is 1.17 bits per heavy atom. The molecule has 0 atom stereocenters. The largest absolute Gasteiger partial charge is 0.494 e. The molecular weight excluding hydrogens is 228 g/mol. The molecule has 2 rings (SSSR count). The quantitative estimate of drug-likeness (QED) is 0.616. The molecule has 0 saturated heterocycles. The zero-order valence-electron chi connectivity index (χ0n) is 10.3. The van der Waals surface area contributed by atoms with Crippen molar-refractivity contribution in [2.75, 3.05) is 6.61 Å². The second kappa shape index (κ2) is 6.54. The first-order valence-corrected chi connectivity index (χ1v) is 6.02. The Morgan fingerprint density at radius 2 is 1.94 bits per heavy atom. The Bertz CT molecular complexity index is 476. The third-order valence-corrected chi connectivity index (χ3v) is 2.37. The second-order valence-corrected chi connectivity index (χ2v) is 3.85. The third kappa shape index (κ3) is 3.69. The lowest BCUT2D eigenvalue weighted by molar-refractivity contribution is 0.309. The van der Waals surface area contributed by atoms with Crippen molar-refractivity contribution in [3.8, 4) is 5.75 Å². The SMILES string of the molecule is CCCCOc1ccc(N=Nc2cn[nH]c2)cc1. The fourth-order valence-electron chi connectivity index (χ4n) is 1.36. The van der Waals surface area contributed by atoms with E-state index >= 15 is 0 Å². The Kier molecular flexibility index (Phi) is 4.46. The molecule has 5 heteroatoms. The summed E-state index contributed by atoms with van der Waals surface area (Å²) in [5.74, 6) is 0.866. The maximum absolute atomic E-state index is 5.56. The average molecular weight is 244 g/mol. The monoisotopic (exact) mass is 244 g/mol. The van der Waals surface area contributed by atoms with Crippen molar-refractivity contribution in [1.29, 1.82) is 0 Å². The fraction of sp³-hybridized carbons (Fsp3) is 0.308. The standard InChI is InChI=1S/C13H16N4O/c1-2-3-8-18-13-6-4-11(5-7-13)16-17-12-9-14-15-10-12/h4-7,9-10H,2-3,8H2,1H3,(H,14,15). The van der Waals surface area contributed by atoms with Crippen LogP contribution in [0.1, 0.15) is 19.8 Å². The number of ether oxygens (including phenoxy) is 1. The van der Waals surface area contributed by atoms with Crippen LogP contribution < -0.4 is 4.74 Å². The lowest BCUT2D eigenvalue weighted by Crippen LogP contribution is -1.95. The summed E-state index contributed by atoms with van der Waals surface area (Å²) in [7, 11) is 0. The molecule has 0 bridgehead atoms. The summed E-state index contributed by atoms with van der Waals surface area (Å²) in [5, 5.41) is 14.6. The number of benzene rings is 1. The minimum atomic E-state index is 0.707. The van der Waals surface area contributed by atoms with Crippen LogP contribution >= 0.6 is 0 Å². The number of hydrogen-bond donors (Lipinski definition) is 1. The molecule has 0 amide bonds. The van der Waals surface area contributed by atoms with Crippen molar-refractivity contribution in [2.45, 2.75) is 19.8 Å². The molecule has 94 valence electrons. The number of aromatic nitrogens is 2. The number of hydrogen-bond acceptors (Lipinski definition) is 4. The molecule has 0 saturated carbocycles. The van der Waals surface area contributed by atoms with Crippen LogP contribution in [-0.2, 0) is 0 Å². The van der Waals surface area contributed by atoms with Gasteiger partial charge in [0.1, 0.15) is 11.4 Å². The molecule has 18 heavy (non-hydrogen) atoms. The minimum Gasteiger partial charge on any atom is -0.494 e. The predicted octanol–water partition coefficient (Wildman–Crippen LogP) is 4.00. The van der Waals surface area contributed by atoms with E-state index in [-0.39, 0.29) is 0 Å². The molecule has 2 aromatic rings. The van der Waals surface area contributed by atoms with E-state index in [1.807, 2.05) is 24.3 Å². The van der Waals surface area contributed by atoms with Crippen LogP contribution in [0.15, 0.2) is 46.9 Å². The molecule has 0 aliphatic rings. The van der Waals surface area contributed by atoms with Gasteiger partial charge in [0.05, 0.1) is 18.5 Å². The van der Waals surface area contributed by atoms with Crippen molar-refractivity contribution in [3.05, 3.63) is 36.7 Å². The highest BCUT2D eigenvalue weighted by Gasteiger charge is 1.95. The Labute approximate surface area is 106 Å². The van der Waals surface area contributed by atoms with E-state index in [4.69, 9.17) is 4.74 Å².